The average molecular weight is 357 g/mol. The number of hydrogen-bond donors (Lipinski definition) is 3. The van der Waals surface area contributed by atoms with Crippen LogP contribution in [-0.2, 0) is 11.2 Å². The van der Waals surface area contributed by atoms with Gasteiger partial charge in [0, 0.05) is 22.1 Å². The number of nitrogens with one attached hydrogen (secondary N) is 2. The first-order chi connectivity index (χ1) is 9.73. The van der Waals surface area contributed by atoms with Crippen molar-refractivity contribution in [3.8, 4) is 0 Å². The number of carbonyl (C=O) groups excluding carboxylic acids is 1. The first-order valence-corrected chi connectivity index (χ1v) is 7.62. The maximum atomic E-state index is 12.0. The third kappa shape index (κ3) is 6.16. The number of anilines is 1. The molecule has 0 aromatic heterocycles. The second kappa shape index (κ2) is 7.45. The van der Waals surface area contributed by atoms with Gasteiger partial charge in [-0.25, -0.2) is 4.79 Å². The molecular weight excluding hydrogens is 336 g/mol. The molecule has 0 saturated heterocycles. The molecule has 5 nitrogen and oxygen atoms in total. The molecule has 6 heteroatoms. The summed E-state index contributed by atoms with van der Waals surface area (Å²) in [7, 11) is 0. The van der Waals surface area contributed by atoms with E-state index in [4.69, 9.17) is 5.11 Å². The molecule has 1 rings (SSSR count). The van der Waals surface area contributed by atoms with Gasteiger partial charge in [-0.15, -0.1) is 0 Å². The van der Waals surface area contributed by atoms with Crippen molar-refractivity contribution in [1.29, 1.82) is 0 Å². The molecule has 0 heterocycles. The summed E-state index contributed by atoms with van der Waals surface area (Å²) in [4.78, 5) is 22.6. The highest BCUT2D eigenvalue weighted by Gasteiger charge is 2.21. The Hall–Kier alpha value is -1.56. The minimum absolute atomic E-state index is 0.0196. The number of carboxylic acids is 1. The average Bonchev–Trinajstić information content (AvgIpc) is 2.38. The fraction of sp³-hybridized carbons (Fsp3) is 0.467. The Morgan fingerprint density at radius 3 is 2.57 bits per heavy atom. The van der Waals surface area contributed by atoms with Crippen molar-refractivity contribution >= 4 is 33.6 Å². The summed E-state index contributed by atoms with van der Waals surface area (Å²) in [5.41, 5.74) is 1.21. The minimum atomic E-state index is -0.869. The predicted molar refractivity (Wildman–Crippen MR) is 86.6 cm³/mol. The number of benzene rings is 1. The van der Waals surface area contributed by atoms with Crippen LogP contribution in [0.3, 0.4) is 0 Å². The molecular formula is C15H21BrN2O3. The quantitative estimate of drug-likeness (QED) is 0.725. The van der Waals surface area contributed by atoms with E-state index in [0.29, 0.717) is 6.42 Å². The number of aliphatic carboxylic acids is 1. The lowest BCUT2D eigenvalue weighted by molar-refractivity contribution is -0.137. The third-order valence-electron chi connectivity index (χ3n) is 3.11. The van der Waals surface area contributed by atoms with Crippen LogP contribution in [0.1, 0.15) is 39.2 Å². The zero-order valence-electron chi connectivity index (χ0n) is 12.5. The highest BCUT2D eigenvalue weighted by Crippen LogP contribution is 2.22. The van der Waals surface area contributed by atoms with Crippen molar-refractivity contribution < 1.29 is 14.7 Å². The van der Waals surface area contributed by atoms with Gasteiger partial charge in [0.15, 0.2) is 0 Å². The first kappa shape index (κ1) is 17.5. The van der Waals surface area contributed by atoms with E-state index in [2.05, 4.69) is 26.6 Å². The summed E-state index contributed by atoms with van der Waals surface area (Å²) in [6, 6.07) is 5.34. The number of aryl methyl sites for hydroxylation is 1. The summed E-state index contributed by atoms with van der Waals surface area (Å²) in [6.45, 7) is 5.62. The molecule has 0 unspecified atom stereocenters. The van der Waals surface area contributed by atoms with Crippen LogP contribution < -0.4 is 10.6 Å². The molecule has 0 bridgehead atoms. The predicted octanol–water partition coefficient (Wildman–Crippen LogP) is 3.78. The highest BCUT2D eigenvalue weighted by atomic mass is 79.9. The van der Waals surface area contributed by atoms with Gasteiger partial charge in [0.2, 0.25) is 0 Å². The monoisotopic (exact) mass is 356 g/mol. The van der Waals surface area contributed by atoms with E-state index in [0.717, 1.165) is 22.1 Å². The SMILES string of the molecule is CCc1cc(Br)ccc1NC(=O)NC(C)(C)CCC(=O)O. The van der Waals surface area contributed by atoms with Crippen LogP contribution in [0.5, 0.6) is 0 Å². The Kier molecular flexibility index (Phi) is 6.20. The topological polar surface area (TPSA) is 78.4 Å². The van der Waals surface area contributed by atoms with Crippen LogP contribution in [0.4, 0.5) is 10.5 Å². The first-order valence-electron chi connectivity index (χ1n) is 6.83. The number of amides is 2. The van der Waals surface area contributed by atoms with Gasteiger partial charge < -0.3 is 15.7 Å². The molecule has 3 N–H and O–H groups in total. The van der Waals surface area contributed by atoms with Crippen LogP contribution in [0, 0.1) is 0 Å². The second-order valence-corrected chi connectivity index (χ2v) is 6.43. The van der Waals surface area contributed by atoms with Gasteiger partial charge in [-0.05, 0) is 50.5 Å². The number of halogens is 1. The maximum absolute atomic E-state index is 12.0. The van der Waals surface area contributed by atoms with Crippen LogP contribution in [0.2, 0.25) is 0 Å². The van der Waals surface area contributed by atoms with Crippen LogP contribution in [0.25, 0.3) is 0 Å². The highest BCUT2D eigenvalue weighted by molar-refractivity contribution is 9.10. The molecule has 116 valence electrons. The van der Waals surface area contributed by atoms with E-state index in [9.17, 15) is 9.59 Å². The van der Waals surface area contributed by atoms with E-state index in [1.165, 1.54) is 0 Å². The van der Waals surface area contributed by atoms with E-state index in [1.54, 1.807) is 13.8 Å². The Morgan fingerprint density at radius 2 is 2.00 bits per heavy atom. The molecule has 21 heavy (non-hydrogen) atoms. The number of rotatable bonds is 6. The van der Waals surface area contributed by atoms with Gasteiger partial charge in [-0.2, -0.15) is 0 Å². The fourth-order valence-electron chi connectivity index (χ4n) is 1.92. The van der Waals surface area contributed by atoms with Crippen molar-refractivity contribution in [3.05, 3.63) is 28.2 Å². The minimum Gasteiger partial charge on any atom is -0.481 e. The zero-order chi connectivity index (χ0) is 16.0. The molecule has 0 aliphatic heterocycles. The standard InChI is InChI=1S/C15H21BrN2O3/c1-4-10-9-11(16)5-6-12(10)17-14(21)18-15(2,3)8-7-13(19)20/h5-6,9H,4,7-8H2,1-3H3,(H,19,20)(H2,17,18,21). The van der Waals surface area contributed by atoms with Crippen molar-refractivity contribution in [2.45, 2.75) is 45.6 Å². The maximum Gasteiger partial charge on any atom is 0.319 e. The van der Waals surface area contributed by atoms with Crippen molar-refractivity contribution in [3.63, 3.8) is 0 Å². The Bertz CT molecular complexity index is 530. The molecule has 1 aromatic carbocycles. The summed E-state index contributed by atoms with van der Waals surface area (Å²) in [5, 5.41) is 14.3. The smallest absolute Gasteiger partial charge is 0.319 e. The van der Waals surface area contributed by atoms with Crippen molar-refractivity contribution in [2.24, 2.45) is 0 Å². The molecule has 0 aliphatic rings. The molecule has 1 aromatic rings. The normalized spacial score (nSPS) is 11.0. The fourth-order valence-corrected chi connectivity index (χ4v) is 2.33. The van der Waals surface area contributed by atoms with Gasteiger partial charge >= 0.3 is 12.0 Å². The van der Waals surface area contributed by atoms with Crippen molar-refractivity contribution in [2.75, 3.05) is 5.32 Å². The van der Waals surface area contributed by atoms with Gasteiger partial charge in [-0.1, -0.05) is 22.9 Å². The van der Waals surface area contributed by atoms with E-state index in [-0.39, 0.29) is 12.5 Å². The molecule has 2 amide bonds. The Labute approximate surface area is 133 Å². The van der Waals surface area contributed by atoms with Crippen LogP contribution >= 0.6 is 15.9 Å². The Balaban J connectivity index is 2.67. The van der Waals surface area contributed by atoms with Gasteiger partial charge in [0.1, 0.15) is 0 Å². The van der Waals surface area contributed by atoms with Gasteiger partial charge in [0.05, 0.1) is 0 Å². The molecule has 0 fully saturated rings. The van der Waals surface area contributed by atoms with Crippen molar-refractivity contribution in [1.82, 2.24) is 5.32 Å². The number of carboxylic acid groups (broad SMARTS) is 1. The summed E-state index contributed by atoms with van der Waals surface area (Å²) >= 11 is 3.40. The van der Waals surface area contributed by atoms with Gasteiger partial charge in [0.25, 0.3) is 0 Å². The summed E-state index contributed by atoms with van der Waals surface area (Å²) in [5.74, 6) is -0.869. The summed E-state index contributed by atoms with van der Waals surface area (Å²) < 4.78 is 0.965. The molecule has 0 spiro atoms. The second-order valence-electron chi connectivity index (χ2n) is 5.51. The van der Waals surface area contributed by atoms with E-state index in [1.807, 2.05) is 25.1 Å². The van der Waals surface area contributed by atoms with E-state index >= 15 is 0 Å². The third-order valence-corrected chi connectivity index (χ3v) is 3.61. The number of hydrogen-bond acceptors (Lipinski definition) is 2. The summed E-state index contributed by atoms with van der Waals surface area (Å²) in [6.07, 6.45) is 1.19. The van der Waals surface area contributed by atoms with E-state index < -0.39 is 11.5 Å². The lowest BCUT2D eigenvalue weighted by Gasteiger charge is -2.26. The lowest BCUT2D eigenvalue weighted by atomic mass is 9.99. The lowest BCUT2D eigenvalue weighted by Crippen LogP contribution is -2.45. The molecule has 0 atom stereocenters. The van der Waals surface area contributed by atoms with Gasteiger partial charge in [-0.3, -0.25) is 4.79 Å². The largest absolute Gasteiger partial charge is 0.481 e. The number of carbonyl (C=O) groups is 2. The molecule has 0 aliphatic carbocycles. The Morgan fingerprint density at radius 1 is 1.33 bits per heavy atom. The van der Waals surface area contributed by atoms with Crippen LogP contribution in [-0.4, -0.2) is 22.6 Å². The zero-order valence-corrected chi connectivity index (χ0v) is 14.1. The number of urea groups is 1. The molecule has 0 radical (unpaired) electrons. The molecule has 0 saturated carbocycles. The van der Waals surface area contributed by atoms with Crippen LogP contribution in [0.15, 0.2) is 22.7 Å².